The summed E-state index contributed by atoms with van der Waals surface area (Å²) >= 11 is 5.41. The van der Waals surface area contributed by atoms with Crippen molar-refractivity contribution in [3.05, 3.63) is 74.4 Å². The fourth-order valence-corrected chi connectivity index (χ4v) is 5.67. The summed E-state index contributed by atoms with van der Waals surface area (Å²) in [7, 11) is 3.36. The van der Waals surface area contributed by atoms with Crippen molar-refractivity contribution in [3.8, 4) is 17.2 Å². The fourth-order valence-electron chi connectivity index (χ4n) is 4.09. The summed E-state index contributed by atoms with van der Waals surface area (Å²) < 4.78 is 18.9. The Balaban J connectivity index is 1.70. The number of hydrogen-bond donors (Lipinski definition) is 1. The summed E-state index contributed by atoms with van der Waals surface area (Å²) in [6.45, 7) is 4.50. The first kappa shape index (κ1) is 23.1. The molecule has 3 aromatic rings. The van der Waals surface area contributed by atoms with Crippen LogP contribution in [0.3, 0.4) is 0 Å². The Labute approximate surface area is 202 Å². The van der Waals surface area contributed by atoms with E-state index in [1.54, 1.807) is 25.6 Å². The Morgan fingerprint density at radius 1 is 1.00 bits per heavy atom. The number of nitrogens with zero attached hydrogens (tertiary/aromatic N) is 1. The van der Waals surface area contributed by atoms with Crippen LogP contribution in [0.2, 0.25) is 0 Å². The molecule has 2 aromatic carbocycles. The topological polar surface area (TPSA) is 43.0 Å². The summed E-state index contributed by atoms with van der Waals surface area (Å²) in [5.74, 6) is 2.00. The number of thiophene rings is 1. The van der Waals surface area contributed by atoms with Gasteiger partial charge in [-0.3, -0.25) is 4.90 Å². The third-order valence-electron chi connectivity index (χ3n) is 5.63. The molecule has 2 heterocycles. The Hall–Kier alpha value is -2.06. The van der Waals surface area contributed by atoms with E-state index in [0.717, 1.165) is 47.5 Å². The van der Waals surface area contributed by atoms with Crippen molar-refractivity contribution in [1.82, 2.24) is 10.2 Å². The number of hydrogen-bond acceptors (Lipinski definition) is 6. The van der Waals surface area contributed by atoms with Crippen molar-refractivity contribution >= 4 is 27.3 Å². The number of ether oxygens (including phenoxy) is 3. The summed E-state index contributed by atoms with van der Waals surface area (Å²) in [4.78, 5) is 3.83. The molecule has 1 aliphatic heterocycles. The van der Waals surface area contributed by atoms with Crippen LogP contribution in [-0.4, -0.2) is 45.3 Å². The predicted molar refractivity (Wildman–Crippen MR) is 133 cm³/mol. The Bertz CT molecular complexity index is 978. The van der Waals surface area contributed by atoms with Crippen molar-refractivity contribution in [2.75, 3.05) is 40.4 Å². The van der Waals surface area contributed by atoms with Gasteiger partial charge in [-0.1, -0.05) is 30.3 Å². The van der Waals surface area contributed by atoms with Crippen molar-refractivity contribution in [2.24, 2.45) is 0 Å². The highest BCUT2D eigenvalue weighted by molar-refractivity contribution is 9.11. The largest absolute Gasteiger partial charge is 0.493 e. The minimum Gasteiger partial charge on any atom is -0.493 e. The van der Waals surface area contributed by atoms with Crippen LogP contribution in [0.1, 0.15) is 28.5 Å². The van der Waals surface area contributed by atoms with Gasteiger partial charge < -0.3 is 19.5 Å². The molecule has 1 fully saturated rings. The van der Waals surface area contributed by atoms with Crippen LogP contribution in [0, 0.1) is 0 Å². The maximum atomic E-state index is 6.17. The van der Waals surface area contributed by atoms with Gasteiger partial charge in [0.25, 0.3) is 0 Å². The second-order valence-electron chi connectivity index (χ2n) is 7.71. The van der Waals surface area contributed by atoms with Crippen LogP contribution < -0.4 is 19.5 Å². The lowest BCUT2D eigenvalue weighted by atomic mass is 10.0. The molecule has 1 aromatic heterocycles. The molecule has 7 heteroatoms. The minimum atomic E-state index is 0.122. The minimum absolute atomic E-state index is 0.122. The molecular formula is C25H29BrN2O3S. The van der Waals surface area contributed by atoms with E-state index in [-0.39, 0.29) is 6.04 Å². The average Bonchev–Trinajstić information content (AvgIpc) is 3.07. The SMILES string of the molecule is COc1cc(C(c2ccc(Br)s2)N2CCCNCC2)cc(OC)c1OCc1ccccc1. The van der Waals surface area contributed by atoms with E-state index >= 15 is 0 Å². The molecule has 1 N–H and O–H groups in total. The number of rotatable bonds is 8. The molecule has 1 unspecified atom stereocenters. The molecule has 5 nitrogen and oxygen atoms in total. The number of halogens is 1. The van der Waals surface area contributed by atoms with E-state index in [4.69, 9.17) is 14.2 Å². The molecule has 1 aliphatic rings. The number of benzene rings is 2. The monoisotopic (exact) mass is 516 g/mol. The van der Waals surface area contributed by atoms with Crippen molar-refractivity contribution in [2.45, 2.75) is 19.1 Å². The van der Waals surface area contributed by atoms with Crippen LogP contribution in [-0.2, 0) is 6.61 Å². The van der Waals surface area contributed by atoms with Gasteiger partial charge in [0.2, 0.25) is 5.75 Å². The molecule has 32 heavy (non-hydrogen) atoms. The zero-order chi connectivity index (χ0) is 22.3. The van der Waals surface area contributed by atoms with Crippen molar-refractivity contribution in [1.29, 1.82) is 0 Å². The summed E-state index contributed by atoms with van der Waals surface area (Å²) in [6.07, 6.45) is 1.12. The van der Waals surface area contributed by atoms with Gasteiger partial charge in [0.1, 0.15) is 6.61 Å². The van der Waals surface area contributed by atoms with Gasteiger partial charge in [-0.15, -0.1) is 11.3 Å². The van der Waals surface area contributed by atoms with Crippen LogP contribution in [0.15, 0.2) is 58.4 Å². The van der Waals surface area contributed by atoms with Crippen LogP contribution in [0.5, 0.6) is 17.2 Å². The van der Waals surface area contributed by atoms with Crippen LogP contribution in [0.4, 0.5) is 0 Å². The molecule has 0 radical (unpaired) electrons. The third kappa shape index (κ3) is 5.46. The second kappa shape index (κ2) is 11.2. The molecule has 0 saturated carbocycles. The molecule has 0 aliphatic carbocycles. The number of nitrogens with one attached hydrogen (secondary N) is 1. The van der Waals surface area contributed by atoms with Crippen LogP contribution >= 0.6 is 27.3 Å². The highest BCUT2D eigenvalue weighted by Gasteiger charge is 2.27. The maximum Gasteiger partial charge on any atom is 0.203 e. The fraction of sp³-hybridized carbons (Fsp3) is 0.360. The quantitative estimate of drug-likeness (QED) is 0.428. The van der Waals surface area contributed by atoms with E-state index < -0.39 is 0 Å². The zero-order valence-corrected chi connectivity index (χ0v) is 20.9. The van der Waals surface area contributed by atoms with Gasteiger partial charge in [0, 0.05) is 24.5 Å². The maximum absolute atomic E-state index is 6.17. The van der Waals surface area contributed by atoms with Gasteiger partial charge in [-0.25, -0.2) is 0 Å². The zero-order valence-electron chi connectivity index (χ0n) is 18.5. The summed E-state index contributed by atoms with van der Waals surface area (Å²) in [6, 6.07) is 18.8. The first-order chi connectivity index (χ1) is 15.7. The van der Waals surface area contributed by atoms with E-state index in [1.807, 2.05) is 30.3 Å². The highest BCUT2D eigenvalue weighted by Crippen LogP contribution is 2.44. The molecule has 1 atom stereocenters. The normalized spacial score (nSPS) is 15.7. The second-order valence-corrected chi connectivity index (χ2v) is 10.2. The molecule has 1 saturated heterocycles. The first-order valence-electron chi connectivity index (χ1n) is 10.8. The van der Waals surface area contributed by atoms with E-state index in [0.29, 0.717) is 23.9 Å². The first-order valence-corrected chi connectivity index (χ1v) is 12.4. The Morgan fingerprint density at radius 2 is 1.75 bits per heavy atom. The molecule has 0 bridgehead atoms. The number of methoxy groups -OCH3 is 2. The van der Waals surface area contributed by atoms with Gasteiger partial charge >= 0.3 is 0 Å². The Morgan fingerprint density at radius 3 is 2.41 bits per heavy atom. The average molecular weight is 517 g/mol. The van der Waals surface area contributed by atoms with Crippen molar-refractivity contribution in [3.63, 3.8) is 0 Å². The van der Waals surface area contributed by atoms with Gasteiger partial charge in [0.15, 0.2) is 11.5 Å². The molecule has 0 spiro atoms. The third-order valence-corrected chi connectivity index (χ3v) is 7.30. The lowest BCUT2D eigenvalue weighted by Gasteiger charge is -2.31. The van der Waals surface area contributed by atoms with Gasteiger partial charge in [0.05, 0.1) is 24.0 Å². The predicted octanol–water partition coefficient (Wildman–Crippen LogP) is 5.49. The molecule has 0 amide bonds. The summed E-state index contributed by atoms with van der Waals surface area (Å²) in [5.41, 5.74) is 2.24. The molecule has 170 valence electrons. The molecule has 4 rings (SSSR count). The standard InChI is InChI=1S/C25H29BrN2O3S/c1-29-20-15-19(16-21(30-2)25(20)31-17-18-7-4-3-5-8-18)24(22-9-10-23(26)32-22)28-13-6-11-27-12-14-28/h3-5,7-10,15-16,24,27H,6,11-14,17H2,1-2H3. The van der Waals surface area contributed by atoms with Crippen LogP contribution in [0.25, 0.3) is 0 Å². The van der Waals surface area contributed by atoms with E-state index in [2.05, 4.69) is 50.4 Å². The summed E-state index contributed by atoms with van der Waals surface area (Å²) in [5, 5.41) is 3.51. The highest BCUT2D eigenvalue weighted by atomic mass is 79.9. The van der Waals surface area contributed by atoms with Gasteiger partial charge in [-0.05, 0) is 64.3 Å². The lowest BCUT2D eigenvalue weighted by Crippen LogP contribution is -2.32. The van der Waals surface area contributed by atoms with E-state index in [1.165, 1.54) is 4.88 Å². The van der Waals surface area contributed by atoms with Crippen molar-refractivity contribution < 1.29 is 14.2 Å². The smallest absolute Gasteiger partial charge is 0.203 e. The van der Waals surface area contributed by atoms with Gasteiger partial charge in [-0.2, -0.15) is 0 Å². The Kier molecular flexibility index (Phi) is 8.08. The lowest BCUT2D eigenvalue weighted by molar-refractivity contribution is 0.240. The molecular weight excluding hydrogens is 488 g/mol. The van der Waals surface area contributed by atoms with E-state index in [9.17, 15) is 0 Å².